The van der Waals surface area contributed by atoms with Crippen LogP contribution in [0.1, 0.15) is 41.6 Å². The Labute approximate surface area is 119 Å². The van der Waals surface area contributed by atoms with Crippen molar-refractivity contribution in [2.45, 2.75) is 38.6 Å². The lowest BCUT2D eigenvalue weighted by molar-refractivity contribution is 0.0698. The average molecular weight is 278 g/mol. The molecule has 0 atom stereocenters. The van der Waals surface area contributed by atoms with Crippen LogP contribution in [-0.2, 0) is 0 Å². The van der Waals surface area contributed by atoms with E-state index in [-0.39, 0.29) is 12.2 Å². The molecule has 5 heteroatoms. The van der Waals surface area contributed by atoms with Crippen molar-refractivity contribution in [1.82, 2.24) is 0 Å². The van der Waals surface area contributed by atoms with Gasteiger partial charge in [-0.2, -0.15) is 0 Å². The van der Waals surface area contributed by atoms with E-state index in [0.717, 1.165) is 24.1 Å². The number of carboxylic acids is 1. The summed E-state index contributed by atoms with van der Waals surface area (Å²) in [6.07, 6.45) is 4.55. The van der Waals surface area contributed by atoms with Crippen LogP contribution in [0.25, 0.3) is 0 Å². The smallest absolute Gasteiger partial charge is 0.337 e. The average Bonchev–Trinajstić information content (AvgIpc) is 2.92. The number of hydrogen-bond donors (Lipinski definition) is 3. The highest BCUT2D eigenvalue weighted by Crippen LogP contribution is 2.31. The van der Waals surface area contributed by atoms with Crippen LogP contribution in [0.4, 0.5) is 11.4 Å². The lowest BCUT2D eigenvalue weighted by Crippen LogP contribution is -2.36. The summed E-state index contributed by atoms with van der Waals surface area (Å²) in [6, 6.07) is 3.92. The Balaban J connectivity index is 2.39. The van der Waals surface area contributed by atoms with E-state index in [9.17, 15) is 15.0 Å². The number of rotatable bonds is 5. The fourth-order valence-corrected chi connectivity index (χ4v) is 2.97. The predicted octanol–water partition coefficient (Wildman–Crippen LogP) is 2.02. The molecule has 0 bridgehead atoms. The van der Waals surface area contributed by atoms with E-state index in [1.165, 1.54) is 12.8 Å². The van der Waals surface area contributed by atoms with Gasteiger partial charge in [-0.15, -0.1) is 0 Å². The van der Waals surface area contributed by atoms with Crippen LogP contribution in [0, 0.1) is 6.92 Å². The lowest BCUT2D eigenvalue weighted by Gasteiger charge is -2.31. The van der Waals surface area contributed by atoms with E-state index in [1.807, 2.05) is 13.0 Å². The van der Waals surface area contributed by atoms with E-state index in [2.05, 4.69) is 4.90 Å². The number of anilines is 2. The van der Waals surface area contributed by atoms with Crippen LogP contribution in [0.15, 0.2) is 12.1 Å². The van der Waals surface area contributed by atoms with Gasteiger partial charge in [-0.25, -0.2) is 4.79 Å². The lowest BCUT2D eigenvalue weighted by atomic mass is 10.0. The van der Waals surface area contributed by atoms with Gasteiger partial charge in [-0.3, -0.25) is 0 Å². The highest BCUT2D eigenvalue weighted by molar-refractivity contribution is 5.95. The van der Waals surface area contributed by atoms with Gasteiger partial charge in [0, 0.05) is 24.0 Å². The minimum absolute atomic E-state index is 0.0579. The third-order valence-electron chi connectivity index (χ3n) is 4.04. The van der Waals surface area contributed by atoms with Gasteiger partial charge in [0.25, 0.3) is 0 Å². The van der Waals surface area contributed by atoms with Crippen LogP contribution >= 0.6 is 0 Å². The number of nitrogen functional groups attached to an aromatic ring is 1. The number of nitrogens with two attached hydrogens (primary N) is 1. The molecule has 0 heterocycles. The molecule has 0 unspecified atom stereocenters. The van der Waals surface area contributed by atoms with Crippen molar-refractivity contribution in [2.24, 2.45) is 0 Å². The van der Waals surface area contributed by atoms with Crippen molar-refractivity contribution in [2.75, 3.05) is 23.8 Å². The number of aliphatic hydroxyl groups is 1. The summed E-state index contributed by atoms with van der Waals surface area (Å²) >= 11 is 0. The molecule has 1 aliphatic carbocycles. The highest BCUT2D eigenvalue weighted by atomic mass is 16.4. The second-order valence-electron chi connectivity index (χ2n) is 5.38. The number of aromatic carboxylic acids is 1. The zero-order valence-electron chi connectivity index (χ0n) is 11.8. The maximum Gasteiger partial charge on any atom is 0.337 e. The molecule has 5 nitrogen and oxygen atoms in total. The minimum atomic E-state index is -1.01. The van der Waals surface area contributed by atoms with Gasteiger partial charge < -0.3 is 20.8 Å². The molecule has 0 aromatic heterocycles. The molecular formula is C15H22N2O3. The topological polar surface area (TPSA) is 86.8 Å². The fraction of sp³-hybridized carbons (Fsp3) is 0.533. The SMILES string of the molecule is Cc1cc(N(CCO)C2CCCC2)cc(C(=O)O)c1N. The van der Waals surface area contributed by atoms with E-state index in [0.29, 0.717) is 18.3 Å². The van der Waals surface area contributed by atoms with Gasteiger partial charge in [-0.1, -0.05) is 12.8 Å². The number of carboxylic acid groups (broad SMARTS) is 1. The molecule has 2 rings (SSSR count). The van der Waals surface area contributed by atoms with E-state index >= 15 is 0 Å². The third kappa shape index (κ3) is 2.88. The van der Waals surface area contributed by atoms with Crippen LogP contribution in [0.5, 0.6) is 0 Å². The minimum Gasteiger partial charge on any atom is -0.478 e. The van der Waals surface area contributed by atoms with Crippen molar-refractivity contribution in [3.05, 3.63) is 23.3 Å². The molecule has 4 N–H and O–H groups in total. The summed E-state index contributed by atoms with van der Waals surface area (Å²) < 4.78 is 0. The summed E-state index contributed by atoms with van der Waals surface area (Å²) in [6.45, 7) is 2.40. The third-order valence-corrected chi connectivity index (χ3v) is 4.04. The first-order valence-electron chi connectivity index (χ1n) is 7.05. The Bertz CT molecular complexity index is 496. The molecule has 0 radical (unpaired) electrons. The predicted molar refractivity (Wildman–Crippen MR) is 79.2 cm³/mol. The first kappa shape index (κ1) is 14.7. The molecule has 0 spiro atoms. The molecule has 110 valence electrons. The molecule has 1 aromatic rings. The maximum absolute atomic E-state index is 11.3. The van der Waals surface area contributed by atoms with Gasteiger partial charge in [0.05, 0.1) is 12.2 Å². The van der Waals surface area contributed by atoms with Gasteiger partial charge >= 0.3 is 5.97 Å². The number of aryl methyl sites for hydroxylation is 1. The molecule has 1 fully saturated rings. The summed E-state index contributed by atoms with van der Waals surface area (Å²) in [5.41, 5.74) is 7.89. The van der Waals surface area contributed by atoms with E-state index in [4.69, 9.17) is 5.73 Å². The van der Waals surface area contributed by atoms with Crippen LogP contribution < -0.4 is 10.6 Å². The molecule has 1 aliphatic rings. The number of hydrogen-bond acceptors (Lipinski definition) is 4. The number of nitrogens with zero attached hydrogens (tertiary/aromatic N) is 1. The summed E-state index contributed by atoms with van der Waals surface area (Å²) in [5, 5.41) is 18.5. The quantitative estimate of drug-likeness (QED) is 0.717. The summed E-state index contributed by atoms with van der Waals surface area (Å²) in [7, 11) is 0. The second kappa shape index (κ2) is 6.13. The summed E-state index contributed by atoms with van der Waals surface area (Å²) in [4.78, 5) is 13.4. The largest absolute Gasteiger partial charge is 0.478 e. The number of aliphatic hydroxyl groups excluding tert-OH is 1. The Hall–Kier alpha value is -1.75. The van der Waals surface area contributed by atoms with Crippen LogP contribution in [0.2, 0.25) is 0 Å². The monoisotopic (exact) mass is 278 g/mol. The Morgan fingerprint density at radius 3 is 2.60 bits per heavy atom. The highest BCUT2D eigenvalue weighted by Gasteiger charge is 2.24. The van der Waals surface area contributed by atoms with E-state index < -0.39 is 5.97 Å². The fourth-order valence-electron chi connectivity index (χ4n) is 2.97. The molecule has 0 aliphatic heterocycles. The molecule has 20 heavy (non-hydrogen) atoms. The molecular weight excluding hydrogens is 256 g/mol. The number of carbonyl (C=O) groups is 1. The van der Waals surface area contributed by atoms with Gasteiger partial charge in [0.2, 0.25) is 0 Å². The first-order valence-corrected chi connectivity index (χ1v) is 7.05. The molecule has 0 amide bonds. The summed E-state index contributed by atoms with van der Waals surface area (Å²) in [5.74, 6) is -1.01. The van der Waals surface area contributed by atoms with Crippen molar-refractivity contribution in [3.63, 3.8) is 0 Å². The Morgan fingerprint density at radius 1 is 1.40 bits per heavy atom. The van der Waals surface area contributed by atoms with Crippen molar-refractivity contribution < 1.29 is 15.0 Å². The van der Waals surface area contributed by atoms with Gasteiger partial charge in [0.15, 0.2) is 0 Å². The molecule has 1 saturated carbocycles. The standard InChI is InChI=1S/C15H22N2O3/c1-10-8-12(9-13(14(10)16)15(19)20)17(6-7-18)11-4-2-3-5-11/h8-9,11,18H,2-7,16H2,1H3,(H,19,20). The normalized spacial score (nSPS) is 15.5. The Morgan fingerprint density at radius 2 is 2.05 bits per heavy atom. The van der Waals surface area contributed by atoms with Gasteiger partial charge in [0.1, 0.15) is 0 Å². The van der Waals surface area contributed by atoms with Crippen molar-refractivity contribution in [1.29, 1.82) is 0 Å². The Kier molecular flexibility index (Phi) is 4.49. The first-order chi connectivity index (χ1) is 9.54. The zero-order chi connectivity index (χ0) is 14.7. The number of benzene rings is 1. The molecule has 1 aromatic carbocycles. The molecule has 0 saturated heterocycles. The van der Waals surface area contributed by atoms with E-state index in [1.54, 1.807) is 6.07 Å². The van der Waals surface area contributed by atoms with Crippen LogP contribution in [-0.4, -0.2) is 35.4 Å². The zero-order valence-corrected chi connectivity index (χ0v) is 11.8. The van der Waals surface area contributed by atoms with Crippen molar-refractivity contribution >= 4 is 17.3 Å². The maximum atomic E-state index is 11.3. The van der Waals surface area contributed by atoms with Crippen LogP contribution in [0.3, 0.4) is 0 Å². The van der Waals surface area contributed by atoms with Gasteiger partial charge in [-0.05, 0) is 37.5 Å². The second-order valence-corrected chi connectivity index (χ2v) is 5.38. The van der Waals surface area contributed by atoms with Crippen molar-refractivity contribution in [3.8, 4) is 0 Å².